The molecule has 0 bridgehead atoms. The van der Waals surface area contributed by atoms with Gasteiger partial charge in [-0.25, -0.2) is 9.59 Å². The quantitative estimate of drug-likeness (QED) is 0.263. The number of nitro benzene ring substituents is 1. The molecule has 0 heterocycles. The lowest BCUT2D eigenvalue weighted by Gasteiger charge is -2.08. The summed E-state index contributed by atoms with van der Waals surface area (Å²) in [7, 11) is 0. The predicted octanol–water partition coefficient (Wildman–Crippen LogP) is 2.70. The van der Waals surface area contributed by atoms with Gasteiger partial charge in [0.1, 0.15) is 12.4 Å². The van der Waals surface area contributed by atoms with Crippen molar-refractivity contribution in [1.82, 2.24) is 0 Å². The van der Waals surface area contributed by atoms with Crippen LogP contribution in [0.2, 0.25) is 0 Å². The second kappa shape index (κ2) is 7.16. The van der Waals surface area contributed by atoms with Crippen molar-refractivity contribution in [2.75, 3.05) is 0 Å². The lowest BCUT2D eigenvalue weighted by atomic mass is 10.2. The molecule has 1 aromatic carbocycles. The Hall–Kier alpha value is -2.96. The minimum Gasteiger partial charge on any atom is -0.457 e. The van der Waals surface area contributed by atoms with Gasteiger partial charge < -0.3 is 9.47 Å². The van der Waals surface area contributed by atoms with Gasteiger partial charge >= 0.3 is 11.9 Å². The molecule has 0 radical (unpaired) electrons. The maximum Gasteiger partial charge on any atom is 0.338 e. The Morgan fingerprint density at radius 3 is 2.27 bits per heavy atom. The van der Waals surface area contributed by atoms with E-state index in [2.05, 4.69) is 13.2 Å². The number of benzene rings is 1. The first-order valence-corrected chi connectivity index (χ1v) is 6.20. The van der Waals surface area contributed by atoms with E-state index in [9.17, 15) is 19.7 Å². The first-order chi connectivity index (χ1) is 10.2. The molecule has 0 spiro atoms. The van der Waals surface area contributed by atoms with E-state index in [1.165, 1.54) is 32.0 Å². The summed E-state index contributed by atoms with van der Waals surface area (Å²) in [6.45, 7) is 9.45. The molecule has 116 valence electrons. The van der Waals surface area contributed by atoms with Crippen LogP contribution in [0.1, 0.15) is 19.4 Å². The minimum atomic E-state index is -0.668. The van der Waals surface area contributed by atoms with Gasteiger partial charge in [0.2, 0.25) is 0 Å². The van der Waals surface area contributed by atoms with Crippen LogP contribution in [0.15, 0.2) is 42.5 Å². The summed E-state index contributed by atoms with van der Waals surface area (Å²) in [6, 6.07) is 3.72. The average Bonchev–Trinajstić information content (AvgIpc) is 2.44. The Kier molecular flexibility index (Phi) is 5.57. The number of rotatable bonds is 6. The van der Waals surface area contributed by atoms with Crippen LogP contribution in [0.25, 0.3) is 0 Å². The van der Waals surface area contributed by atoms with E-state index in [4.69, 9.17) is 9.47 Å². The highest BCUT2D eigenvalue weighted by atomic mass is 16.6. The van der Waals surface area contributed by atoms with Crippen LogP contribution in [0, 0.1) is 10.1 Å². The van der Waals surface area contributed by atoms with Crippen LogP contribution < -0.4 is 4.74 Å². The largest absolute Gasteiger partial charge is 0.457 e. The van der Waals surface area contributed by atoms with E-state index in [0.717, 1.165) is 0 Å². The number of hydrogen-bond acceptors (Lipinski definition) is 6. The van der Waals surface area contributed by atoms with Crippen molar-refractivity contribution in [3.05, 3.63) is 58.2 Å². The molecule has 0 aromatic heterocycles. The molecule has 0 saturated carbocycles. The Morgan fingerprint density at radius 1 is 1.18 bits per heavy atom. The lowest BCUT2D eigenvalue weighted by Crippen LogP contribution is -2.10. The van der Waals surface area contributed by atoms with Gasteiger partial charge in [0, 0.05) is 17.2 Å². The highest BCUT2D eigenvalue weighted by Crippen LogP contribution is 2.25. The Morgan fingerprint density at radius 2 is 1.77 bits per heavy atom. The summed E-state index contributed by atoms with van der Waals surface area (Å²) in [5.74, 6) is -1.22. The lowest BCUT2D eigenvalue weighted by molar-refractivity contribution is -0.385. The van der Waals surface area contributed by atoms with E-state index in [1.54, 1.807) is 0 Å². The molecule has 7 heteroatoms. The Balaban J connectivity index is 3.02. The number of hydrogen-bond donors (Lipinski definition) is 0. The summed E-state index contributed by atoms with van der Waals surface area (Å²) >= 11 is 0. The van der Waals surface area contributed by atoms with Crippen molar-refractivity contribution in [2.45, 2.75) is 20.5 Å². The van der Waals surface area contributed by atoms with Gasteiger partial charge in [-0.05, 0) is 26.0 Å². The fourth-order valence-electron chi connectivity index (χ4n) is 1.38. The molecular formula is C15H15NO6. The number of carbonyl (C=O) groups is 2. The van der Waals surface area contributed by atoms with Crippen LogP contribution in [0.3, 0.4) is 0 Å². The van der Waals surface area contributed by atoms with Crippen molar-refractivity contribution in [2.24, 2.45) is 0 Å². The van der Waals surface area contributed by atoms with Gasteiger partial charge in [0.15, 0.2) is 0 Å². The third kappa shape index (κ3) is 4.55. The fourth-order valence-corrected chi connectivity index (χ4v) is 1.38. The van der Waals surface area contributed by atoms with Gasteiger partial charge in [0.05, 0.1) is 10.5 Å². The zero-order valence-electron chi connectivity index (χ0n) is 12.3. The van der Waals surface area contributed by atoms with Gasteiger partial charge in [0.25, 0.3) is 5.69 Å². The summed E-state index contributed by atoms with van der Waals surface area (Å²) in [5.41, 5.74) is 0.220. The first kappa shape index (κ1) is 17.1. The normalized spacial score (nSPS) is 9.73. The molecule has 1 rings (SSSR count). The number of carbonyl (C=O) groups excluding carboxylic acids is 2. The molecule has 0 amide bonds. The van der Waals surface area contributed by atoms with Crippen molar-refractivity contribution in [3.63, 3.8) is 0 Å². The SMILES string of the molecule is C=C(C)C(=O)OCc1cc(OC(=O)C(=C)C)ccc1[N+](=O)[O-]. The third-order valence-electron chi connectivity index (χ3n) is 2.51. The third-order valence-corrected chi connectivity index (χ3v) is 2.51. The van der Waals surface area contributed by atoms with Crippen LogP contribution in [-0.4, -0.2) is 16.9 Å². The molecule has 0 fully saturated rings. The summed E-state index contributed by atoms with van der Waals surface area (Å²) < 4.78 is 9.87. The summed E-state index contributed by atoms with van der Waals surface area (Å²) in [5, 5.41) is 11.0. The van der Waals surface area contributed by atoms with E-state index in [-0.39, 0.29) is 34.8 Å². The van der Waals surface area contributed by atoms with Crippen LogP contribution in [0.5, 0.6) is 5.75 Å². The molecule has 0 saturated heterocycles. The van der Waals surface area contributed by atoms with E-state index >= 15 is 0 Å². The number of esters is 2. The molecule has 0 aliphatic carbocycles. The van der Waals surface area contributed by atoms with Crippen molar-refractivity contribution in [1.29, 1.82) is 0 Å². The molecule has 7 nitrogen and oxygen atoms in total. The standard InChI is InChI=1S/C15H15NO6/c1-9(2)14(17)21-8-11-7-12(22-15(18)10(3)4)5-6-13(11)16(19)20/h5-7H,1,3,8H2,2,4H3. The zero-order chi connectivity index (χ0) is 16.9. The van der Waals surface area contributed by atoms with Crippen molar-refractivity contribution >= 4 is 17.6 Å². The summed E-state index contributed by atoms with van der Waals surface area (Å²) in [4.78, 5) is 33.2. The second-order valence-corrected chi connectivity index (χ2v) is 4.57. The highest BCUT2D eigenvalue weighted by Gasteiger charge is 2.18. The molecule has 0 unspecified atom stereocenters. The molecule has 0 atom stereocenters. The highest BCUT2D eigenvalue weighted by molar-refractivity contribution is 5.89. The maximum atomic E-state index is 11.4. The van der Waals surface area contributed by atoms with Crippen molar-refractivity contribution < 1.29 is 24.0 Å². The number of nitro groups is 1. The maximum absolute atomic E-state index is 11.4. The Labute approximate surface area is 127 Å². The number of nitrogens with zero attached hydrogens (tertiary/aromatic N) is 1. The second-order valence-electron chi connectivity index (χ2n) is 4.57. The van der Waals surface area contributed by atoms with Gasteiger partial charge in [-0.2, -0.15) is 0 Å². The van der Waals surface area contributed by atoms with E-state index in [1.807, 2.05) is 0 Å². The van der Waals surface area contributed by atoms with Crippen LogP contribution >= 0.6 is 0 Å². The monoisotopic (exact) mass is 305 g/mol. The van der Waals surface area contributed by atoms with Gasteiger partial charge in [-0.1, -0.05) is 13.2 Å². The topological polar surface area (TPSA) is 95.7 Å². The van der Waals surface area contributed by atoms with Gasteiger partial charge in [-0.3, -0.25) is 10.1 Å². The van der Waals surface area contributed by atoms with Gasteiger partial charge in [-0.15, -0.1) is 0 Å². The van der Waals surface area contributed by atoms with E-state index < -0.39 is 16.9 Å². The van der Waals surface area contributed by atoms with Crippen LogP contribution in [0.4, 0.5) is 5.69 Å². The molecule has 1 aromatic rings. The molecule has 0 aliphatic rings. The van der Waals surface area contributed by atoms with Crippen LogP contribution in [-0.2, 0) is 20.9 Å². The Bertz CT molecular complexity index is 662. The minimum absolute atomic E-state index is 0.0972. The fraction of sp³-hybridized carbons (Fsp3) is 0.200. The smallest absolute Gasteiger partial charge is 0.338 e. The molecule has 0 aliphatic heterocycles. The number of ether oxygens (including phenoxy) is 2. The molecule has 0 N–H and O–H groups in total. The van der Waals surface area contributed by atoms with Crippen molar-refractivity contribution in [3.8, 4) is 5.75 Å². The zero-order valence-corrected chi connectivity index (χ0v) is 12.3. The first-order valence-electron chi connectivity index (χ1n) is 6.20. The molecule has 22 heavy (non-hydrogen) atoms. The van der Waals surface area contributed by atoms with E-state index in [0.29, 0.717) is 0 Å². The predicted molar refractivity (Wildman–Crippen MR) is 78.2 cm³/mol. The molecular weight excluding hydrogens is 290 g/mol. The average molecular weight is 305 g/mol. The summed E-state index contributed by atoms with van der Waals surface area (Å²) in [6.07, 6.45) is 0.